The maximum Gasteiger partial charge on any atom is 0.231 e. The molecule has 1 heterocycles. The number of hydrogen-bond donors (Lipinski definition) is 2. The molecule has 0 atom stereocenters. The molecule has 126 valence electrons. The quantitative estimate of drug-likeness (QED) is 0.652. The third-order valence-corrected chi connectivity index (χ3v) is 3.95. The van der Waals surface area contributed by atoms with E-state index in [2.05, 4.69) is 36.3 Å². The lowest BCUT2D eigenvalue weighted by Gasteiger charge is -2.10. The van der Waals surface area contributed by atoms with Crippen molar-refractivity contribution in [3.8, 4) is 11.5 Å². The van der Waals surface area contributed by atoms with Crippen LogP contribution in [0.2, 0.25) is 0 Å². The number of ether oxygens (including phenoxy) is 2. The fourth-order valence-electron chi connectivity index (χ4n) is 2.56. The molecule has 0 aliphatic carbocycles. The van der Waals surface area contributed by atoms with Crippen LogP contribution >= 0.6 is 0 Å². The van der Waals surface area contributed by atoms with Gasteiger partial charge in [0.1, 0.15) is 0 Å². The fraction of sp³-hybridized carbons (Fsp3) is 0.316. The second-order valence-electron chi connectivity index (χ2n) is 6.11. The summed E-state index contributed by atoms with van der Waals surface area (Å²) in [6.07, 6.45) is 0.797. The van der Waals surface area contributed by atoms with Gasteiger partial charge in [0, 0.05) is 12.2 Å². The molecule has 0 amide bonds. The third-order valence-electron chi connectivity index (χ3n) is 3.95. The molecule has 0 saturated carbocycles. The summed E-state index contributed by atoms with van der Waals surface area (Å²) in [6.45, 7) is 5.25. The summed E-state index contributed by atoms with van der Waals surface area (Å²) in [6, 6.07) is 14.2. The molecule has 3 rings (SSSR count). The van der Waals surface area contributed by atoms with Gasteiger partial charge in [-0.2, -0.15) is 0 Å². The van der Waals surface area contributed by atoms with Crippen molar-refractivity contribution >= 4 is 11.6 Å². The van der Waals surface area contributed by atoms with E-state index < -0.39 is 0 Å². The highest BCUT2D eigenvalue weighted by Crippen LogP contribution is 2.32. The molecule has 0 aromatic heterocycles. The van der Waals surface area contributed by atoms with Crippen molar-refractivity contribution in [2.24, 2.45) is 10.7 Å². The first kappa shape index (κ1) is 16.2. The van der Waals surface area contributed by atoms with Crippen LogP contribution in [0.3, 0.4) is 0 Å². The molecule has 5 heteroatoms. The predicted octanol–water partition coefficient (Wildman–Crippen LogP) is 3.51. The Kier molecular flexibility index (Phi) is 4.89. The molecule has 0 radical (unpaired) electrons. The van der Waals surface area contributed by atoms with Gasteiger partial charge in [-0.3, -0.25) is 4.99 Å². The van der Waals surface area contributed by atoms with Gasteiger partial charge in [0.2, 0.25) is 6.79 Å². The Labute approximate surface area is 142 Å². The van der Waals surface area contributed by atoms with Crippen LogP contribution in [0.1, 0.15) is 30.9 Å². The van der Waals surface area contributed by atoms with Gasteiger partial charge in [-0.25, -0.2) is 0 Å². The maximum atomic E-state index is 5.98. The highest BCUT2D eigenvalue weighted by molar-refractivity contribution is 5.92. The van der Waals surface area contributed by atoms with E-state index >= 15 is 0 Å². The Hall–Kier alpha value is -2.69. The van der Waals surface area contributed by atoms with Crippen LogP contribution in [0.15, 0.2) is 47.5 Å². The monoisotopic (exact) mass is 325 g/mol. The van der Waals surface area contributed by atoms with Crippen LogP contribution in [-0.2, 0) is 6.42 Å². The molecule has 1 aliphatic heterocycles. The Balaban J connectivity index is 1.55. The van der Waals surface area contributed by atoms with E-state index in [0.717, 1.165) is 29.2 Å². The van der Waals surface area contributed by atoms with Crippen molar-refractivity contribution in [3.63, 3.8) is 0 Å². The highest BCUT2D eigenvalue weighted by atomic mass is 16.7. The summed E-state index contributed by atoms with van der Waals surface area (Å²) >= 11 is 0. The van der Waals surface area contributed by atoms with Crippen LogP contribution < -0.4 is 20.5 Å². The van der Waals surface area contributed by atoms with Crippen molar-refractivity contribution < 1.29 is 9.47 Å². The topological polar surface area (TPSA) is 68.9 Å². The van der Waals surface area contributed by atoms with Crippen LogP contribution in [0.25, 0.3) is 0 Å². The maximum absolute atomic E-state index is 5.98. The van der Waals surface area contributed by atoms with Crippen LogP contribution in [0.5, 0.6) is 11.5 Å². The molecule has 0 bridgehead atoms. The lowest BCUT2D eigenvalue weighted by molar-refractivity contribution is 0.174. The van der Waals surface area contributed by atoms with Crippen molar-refractivity contribution in [3.05, 3.63) is 53.6 Å². The zero-order valence-electron chi connectivity index (χ0n) is 14.1. The van der Waals surface area contributed by atoms with E-state index in [9.17, 15) is 0 Å². The lowest BCUT2D eigenvalue weighted by atomic mass is 10.0. The molecule has 0 fully saturated rings. The van der Waals surface area contributed by atoms with Gasteiger partial charge >= 0.3 is 0 Å². The van der Waals surface area contributed by atoms with E-state index in [1.165, 1.54) is 5.56 Å². The molecule has 3 N–H and O–H groups in total. The Bertz CT molecular complexity index is 741. The molecular formula is C19H23N3O2. The number of anilines is 1. The minimum atomic E-state index is 0.295. The predicted molar refractivity (Wildman–Crippen MR) is 96.9 cm³/mol. The second kappa shape index (κ2) is 7.25. The van der Waals surface area contributed by atoms with Gasteiger partial charge in [0.05, 0.1) is 0 Å². The number of nitrogens with two attached hydrogens (primary N) is 1. The fourth-order valence-corrected chi connectivity index (χ4v) is 2.56. The minimum absolute atomic E-state index is 0.295. The van der Waals surface area contributed by atoms with E-state index in [0.29, 0.717) is 25.2 Å². The van der Waals surface area contributed by atoms with Gasteiger partial charge in [0.25, 0.3) is 0 Å². The van der Waals surface area contributed by atoms with Crippen LogP contribution in [0.4, 0.5) is 5.69 Å². The number of guanidine groups is 1. The lowest BCUT2D eigenvalue weighted by Crippen LogP contribution is -2.23. The van der Waals surface area contributed by atoms with Gasteiger partial charge in [-0.1, -0.05) is 32.0 Å². The SMILES string of the molecule is CC(C)c1cccc(NC(N)=NCCc2ccc3c(c2)OCO3)c1. The molecule has 1 aliphatic rings. The van der Waals surface area contributed by atoms with Gasteiger partial charge in [0.15, 0.2) is 17.5 Å². The standard InChI is InChI=1S/C19H23N3O2/c1-13(2)15-4-3-5-16(11-15)22-19(20)21-9-8-14-6-7-17-18(10-14)24-12-23-17/h3-7,10-11,13H,8-9,12H2,1-2H3,(H3,20,21,22). The number of nitrogens with zero attached hydrogens (tertiary/aromatic N) is 1. The first-order valence-corrected chi connectivity index (χ1v) is 8.17. The average molecular weight is 325 g/mol. The molecule has 2 aromatic rings. The largest absolute Gasteiger partial charge is 0.454 e. The van der Waals surface area contributed by atoms with E-state index in [1.54, 1.807) is 0 Å². The summed E-state index contributed by atoms with van der Waals surface area (Å²) in [5.74, 6) is 2.51. The number of fused-ring (bicyclic) bond motifs is 1. The molecular weight excluding hydrogens is 302 g/mol. The third kappa shape index (κ3) is 3.98. The van der Waals surface area contributed by atoms with E-state index in [-0.39, 0.29) is 0 Å². The molecule has 5 nitrogen and oxygen atoms in total. The molecule has 0 saturated heterocycles. The highest BCUT2D eigenvalue weighted by Gasteiger charge is 2.12. The Morgan fingerprint density at radius 1 is 1.17 bits per heavy atom. The minimum Gasteiger partial charge on any atom is -0.454 e. The van der Waals surface area contributed by atoms with Crippen molar-refractivity contribution in [2.45, 2.75) is 26.2 Å². The smallest absolute Gasteiger partial charge is 0.231 e. The molecule has 2 aromatic carbocycles. The van der Waals surface area contributed by atoms with Crippen molar-refractivity contribution in [1.29, 1.82) is 0 Å². The van der Waals surface area contributed by atoms with E-state index in [4.69, 9.17) is 15.2 Å². The van der Waals surface area contributed by atoms with Crippen LogP contribution in [-0.4, -0.2) is 19.3 Å². The number of aliphatic imine (C=N–C) groups is 1. The van der Waals surface area contributed by atoms with Gasteiger partial charge in [-0.05, 0) is 47.7 Å². The van der Waals surface area contributed by atoms with Gasteiger partial charge < -0.3 is 20.5 Å². The normalized spacial score (nSPS) is 13.4. The van der Waals surface area contributed by atoms with Crippen molar-refractivity contribution in [1.82, 2.24) is 0 Å². The summed E-state index contributed by atoms with van der Waals surface area (Å²) < 4.78 is 10.7. The number of benzene rings is 2. The Morgan fingerprint density at radius 2 is 2.00 bits per heavy atom. The number of hydrogen-bond acceptors (Lipinski definition) is 3. The Morgan fingerprint density at radius 3 is 2.83 bits per heavy atom. The summed E-state index contributed by atoms with van der Waals surface area (Å²) in [4.78, 5) is 4.39. The molecule has 0 unspecified atom stereocenters. The zero-order valence-corrected chi connectivity index (χ0v) is 14.1. The summed E-state index contributed by atoms with van der Waals surface area (Å²) in [5.41, 5.74) is 9.37. The summed E-state index contributed by atoms with van der Waals surface area (Å²) in [7, 11) is 0. The van der Waals surface area contributed by atoms with Crippen molar-refractivity contribution in [2.75, 3.05) is 18.7 Å². The first-order chi connectivity index (χ1) is 11.6. The molecule has 0 spiro atoms. The molecule has 24 heavy (non-hydrogen) atoms. The van der Waals surface area contributed by atoms with Crippen LogP contribution in [0, 0.1) is 0 Å². The average Bonchev–Trinajstić information content (AvgIpc) is 3.02. The second-order valence-corrected chi connectivity index (χ2v) is 6.11. The number of rotatable bonds is 5. The zero-order chi connectivity index (χ0) is 16.9. The first-order valence-electron chi connectivity index (χ1n) is 8.17. The number of nitrogens with one attached hydrogen (secondary N) is 1. The summed E-state index contributed by atoms with van der Waals surface area (Å²) in [5, 5.41) is 3.15. The van der Waals surface area contributed by atoms with Gasteiger partial charge in [-0.15, -0.1) is 0 Å². The van der Waals surface area contributed by atoms with E-state index in [1.807, 2.05) is 30.3 Å².